The summed E-state index contributed by atoms with van der Waals surface area (Å²) in [5.41, 5.74) is 1.92. The normalized spacial score (nSPS) is 20.3. The van der Waals surface area contributed by atoms with E-state index < -0.39 is 0 Å². The first-order valence-corrected chi connectivity index (χ1v) is 11.3. The lowest BCUT2D eigenvalue weighted by Gasteiger charge is -2.39. The van der Waals surface area contributed by atoms with Crippen molar-refractivity contribution in [3.8, 4) is 0 Å². The SMILES string of the molecule is C[N+]1(C)CCN(CCNc2nn3ccccc3c2N=C2C=C(OCCO)C(=O)CC2=N)CC1. The van der Waals surface area contributed by atoms with Crippen LogP contribution < -0.4 is 5.32 Å². The Bertz CT molecular complexity index is 1090. The summed E-state index contributed by atoms with van der Waals surface area (Å²) in [6.07, 6.45) is 3.26. The fraction of sp³-hybridized carbons (Fsp3) is 0.478. The molecule has 0 bridgehead atoms. The first-order valence-electron chi connectivity index (χ1n) is 11.3. The first-order chi connectivity index (χ1) is 15.9. The highest BCUT2D eigenvalue weighted by atomic mass is 16.5. The quantitative estimate of drug-likeness (QED) is 0.515. The number of hydrogen-bond donors (Lipinski definition) is 3. The van der Waals surface area contributed by atoms with Gasteiger partial charge in [-0.3, -0.25) is 9.69 Å². The summed E-state index contributed by atoms with van der Waals surface area (Å²) >= 11 is 0. The summed E-state index contributed by atoms with van der Waals surface area (Å²) in [7, 11) is 4.53. The second-order valence-electron chi connectivity index (χ2n) is 9.04. The summed E-state index contributed by atoms with van der Waals surface area (Å²) in [6, 6.07) is 5.74. The number of Topliss-reactive ketones (excluding diaryl/α,β-unsaturated/α-hetero) is 1. The molecule has 0 saturated carbocycles. The highest BCUT2D eigenvalue weighted by Crippen LogP contribution is 2.30. The van der Waals surface area contributed by atoms with Gasteiger partial charge in [-0.1, -0.05) is 6.07 Å². The minimum absolute atomic E-state index is 0.0221. The summed E-state index contributed by atoms with van der Waals surface area (Å²) in [5.74, 6) is 0.475. The molecule has 10 nitrogen and oxygen atoms in total. The highest BCUT2D eigenvalue weighted by molar-refractivity contribution is 6.51. The maximum absolute atomic E-state index is 12.2. The number of fused-ring (bicyclic) bond motifs is 1. The van der Waals surface area contributed by atoms with Crippen LogP contribution in [0.15, 0.2) is 41.2 Å². The second kappa shape index (κ2) is 9.82. The van der Waals surface area contributed by atoms with Crippen LogP contribution in [0.25, 0.3) is 5.52 Å². The maximum Gasteiger partial charge on any atom is 0.203 e. The number of aliphatic hydroxyl groups excluding tert-OH is 1. The van der Waals surface area contributed by atoms with Crippen molar-refractivity contribution in [3.05, 3.63) is 36.2 Å². The zero-order chi connectivity index (χ0) is 23.4. The molecular formula is C23H32N7O3+. The number of rotatable bonds is 8. The number of aliphatic hydroxyl groups is 1. The van der Waals surface area contributed by atoms with Crippen molar-refractivity contribution in [1.29, 1.82) is 5.41 Å². The molecule has 1 fully saturated rings. The molecule has 33 heavy (non-hydrogen) atoms. The van der Waals surface area contributed by atoms with E-state index in [0.29, 0.717) is 17.2 Å². The van der Waals surface area contributed by atoms with E-state index in [1.54, 1.807) is 4.52 Å². The first kappa shape index (κ1) is 23.1. The van der Waals surface area contributed by atoms with Gasteiger partial charge in [-0.05, 0) is 12.1 Å². The largest absolute Gasteiger partial charge is 0.487 e. The smallest absolute Gasteiger partial charge is 0.203 e. The van der Waals surface area contributed by atoms with Crippen molar-refractivity contribution in [2.45, 2.75) is 6.42 Å². The number of ketones is 1. The third kappa shape index (κ3) is 5.47. The van der Waals surface area contributed by atoms with Gasteiger partial charge in [0.2, 0.25) is 5.78 Å². The molecule has 3 heterocycles. The Balaban J connectivity index is 1.55. The molecule has 10 heteroatoms. The summed E-state index contributed by atoms with van der Waals surface area (Å²) < 4.78 is 8.16. The Morgan fingerprint density at radius 1 is 1.30 bits per heavy atom. The fourth-order valence-electron chi connectivity index (χ4n) is 3.95. The zero-order valence-electron chi connectivity index (χ0n) is 19.3. The molecule has 1 saturated heterocycles. The molecule has 1 aliphatic heterocycles. The van der Waals surface area contributed by atoms with Crippen LogP contribution in [0.4, 0.5) is 11.5 Å². The molecule has 2 aliphatic rings. The molecule has 0 radical (unpaired) electrons. The molecule has 3 N–H and O–H groups in total. The number of allylic oxidation sites excluding steroid dienone is 2. The van der Waals surface area contributed by atoms with Gasteiger partial charge >= 0.3 is 0 Å². The maximum atomic E-state index is 12.2. The van der Waals surface area contributed by atoms with Crippen LogP contribution in [-0.4, -0.2) is 108 Å². The van der Waals surface area contributed by atoms with Gasteiger partial charge in [-0.2, -0.15) is 0 Å². The number of aromatic nitrogens is 2. The molecule has 0 aromatic carbocycles. The Labute approximate surface area is 193 Å². The zero-order valence-corrected chi connectivity index (χ0v) is 19.3. The molecule has 0 amide bonds. The molecule has 0 spiro atoms. The number of aliphatic imine (C=N–C) groups is 1. The standard InChI is InChI=1S/C23H32N7O3/c1-30(2)11-9-28(10-12-30)8-6-25-23-22(19-5-3-4-7-29(19)27-23)26-18-16-21(33-14-13-31)20(32)15-17(18)24/h3-5,7,16,24,31H,6,8-15H2,1-2H3,(H,25,27)/q+1. The van der Waals surface area contributed by atoms with Crippen LogP contribution in [0.1, 0.15) is 6.42 Å². The lowest BCUT2D eigenvalue weighted by atomic mass is 10.0. The van der Waals surface area contributed by atoms with Crippen LogP contribution in [0.3, 0.4) is 0 Å². The second-order valence-corrected chi connectivity index (χ2v) is 9.04. The minimum Gasteiger partial charge on any atom is -0.487 e. The fourth-order valence-corrected chi connectivity index (χ4v) is 3.95. The molecule has 1 aliphatic carbocycles. The van der Waals surface area contributed by atoms with Crippen LogP contribution in [0.2, 0.25) is 0 Å². The van der Waals surface area contributed by atoms with E-state index >= 15 is 0 Å². The molecule has 2 aromatic heterocycles. The van der Waals surface area contributed by atoms with Crippen molar-refractivity contribution < 1.29 is 19.1 Å². The van der Waals surface area contributed by atoms with Crippen molar-refractivity contribution in [2.24, 2.45) is 4.99 Å². The topological polar surface area (TPSA) is 115 Å². The predicted molar refractivity (Wildman–Crippen MR) is 128 cm³/mol. The number of pyridine rings is 1. The third-order valence-corrected chi connectivity index (χ3v) is 6.05. The van der Waals surface area contributed by atoms with Gasteiger partial charge in [0.15, 0.2) is 11.6 Å². The minimum atomic E-state index is -0.283. The van der Waals surface area contributed by atoms with Gasteiger partial charge in [0, 0.05) is 38.5 Å². The van der Waals surface area contributed by atoms with Crippen molar-refractivity contribution >= 4 is 34.2 Å². The number of anilines is 1. The number of carbonyl (C=O) groups is 1. The number of nitrogens with one attached hydrogen (secondary N) is 2. The van der Waals surface area contributed by atoms with Gasteiger partial charge in [-0.15, -0.1) is 5.10 Å². The van der Waals surface area contributed by atoms with Crippen molar-refractivity contribution in [3.63, 3.8) is 0 Å². The molecule has 2 aromatic rings. The van der Waals surface area contributed by atoms with Gasteiger partial charge in [0.05, 0.1) is 57.2 Å². The van der Waals surface area contributed by atoms with E-state index in [2.05, 4.69) is 29.4 Å². The third-order valence-electron chi connectivity index (χ3n) is 6.05. The van der Waals surface area contributed by atoms with Crippen LogP contribution in [0, 0.1) is 5.41 Å². The number of piperazine rings is 1. The number of nitrogens with zero attached hydrogens (tertiary/aromatic N) is 5. The van der Waals surface area contributed by atoms with Gasteiger partial charge in [0.25, 0.3) is 0 Å². The number of quaternary nitrogens is 1. The molecule has 0 unspecified atom stereocenters. The van der Waals surface area contributed by atoms with Crippen LogP contribution >= 0.6 is 0 Å². The van der Waals surface area contributed by atoms with E-state index in [1.165, 1.54) is 6.08 Å². The summed E-state index contributed by atoms with van der Waals surface area (Å²) in [5, 5.41) is 25.3. The lowest BCUT2D eigenvalue weighted by molar-refractivity contribution is -0.894. The number of carbonyl (C=O) groups excluding carboxylic acids is 1. The van der Waals surface area contributed by atoms with E-state index in [0.717, 1.165) is 49.3 Å². The molecule has 0 atom stereocenters. The summed E-state index contributed by atoms with van der Waals surface area (Å²) in [4.78, 5) is 19.3. The van der Waals surface area contributed by atoms with Crippen LogP contribution in [0.5, 0.6) is 0 Å². The van der Waals surface area contributed by atoms with Gasteiger partial charge in [0.1, 0.15) is 12.3 Å². The van der Waals surface area contributed by atoms with E-state index in [4.69, 9.17) is 20.2 Å². The van der Waals surface area contributed by atoms with Crippen molar-refractivity contribution in [1.82, 2.24) is 14.5 Å². The average Bonchev–Trinajstić information content (AvgIpc) is 3.13. The Morgan fingerprint density at radius 2 is 2.09 bits per heavy atom. The average molecular weight is 455 g/mol. The lowest BCUT2D eigenvalue weighted by Crippen LogP contribution is -2.55. The Morgan fingerprint density at radius 3 is 2.85 bits per heavy atom. The highest BCUT2D eigenvalue weighted by Gasteiger charge is 2.25. The number of ether oxygens (including phenoxy) is 1. The number of hydrogen-bond acceptors (Lipinski definition) is 8. The molecule has 176 valence electrons. The van der Waals surface area contributed by atoms with Crippen molar-refractivity contribution in [2.75, 3.05) is 71.9 Å². The predicted octanol–water partition coefficient (Wildman–Crippen LogP) is 1.10. The van der Waals surface area contributed by atoms with E-state index in [9.17, 15) is 4.79 Å². The van der Waals surface area contributed by atoms with E-state index in [1.807, 2.05) is 24.4 Å². The van der Waals surface area contributed by atoms with Crippen LogP contribution in [-0.2, 0) is 9.53 Å². The molecule has 4 rings (SSSR count). The Hall–Kier alpha value is -3.08. The monoisotopic (exact) mass is 454 g/mol. The molecular weight excluding hydrogens is 422 g/mol. The Kier molecular flexibility index (Phi) is 6.87. The van der Waals surface area contributed by atoms with Gasteiger partial charge in [-0.25, -0.2) is 9.51 Å². The van der Waals surface area contributed by atoms with E-state index in [-0.39, 0.29) is 36.9 Å². The summed E-state index contributed by atoms with van der Waals surface area (Å²) in [6.45, 7) is 5.89. The number of likely N-dealkylation sites (N-methyl/N-ethyl adjacent to an activating group) is 1. The van der Waals surface area contributed by atoms with Gasteiger partial charge < -0.3 is 25.1 Å².